The van der Waals surface area contributed by atoms with Crippen LogP contribution in [0.5, 0.6) is 0 Å². The van der Waals surface area contributed by atoms with Gasteiger partial charge in [0, 0.05) is 6.54 Å². The molecule has 0 spiro atoms. The van der Waals surface area contributed by atoms with Crippen LogP contribution in [0, 0.1) is 6.92 Å². The van der Waals surface area contributed by atoms with E-state index in [1.54, 1.807) is 0 Å². The molecule has 0 saturated carbocycles. The Hall–Kier alpha value is -0.0900. The molecule has 0 aliphatic rings. The molecule has 84 valence electrons. The molecule has 1 rings (SSSR count). The first-order chi connectivity index (χ1) is 7.33. The second-order valence-corrected chi connectivity index (χ2v) is 4.99. The van der Waals surface area contributed by atoms with Crippen LogP contribution in [0.25, 0.3) is 0 Å². The maximum absolute atomic E-state index is 3.48. The van der Waals surface area contributed by atoms with E-state index in [1.807, 2.05) is 0 Å². The molecule has 0 bridgehead atoms. The SMILES string of the molecule is Cc1ccc(CNCCCCCI)cc1. The fraction of sp³-hybridized carbons (Fsp3) is 0.538. The highest BCUT2D eigenvalue weighted by Crippen LogP contribution is 2.03. The fourth-order valence-electron chi connectivity index (χ4n) is 1.46. The van der Waals surface area contributed by atoms with Gasteiger partial charge in [0.15, 0.2) is 0 Å². The van der Waals surface area contributed by atoms with E-state index in [4.69, 9.17) is 0 Å². The van der Waals surface area contributed by atoms with Gasteiger partial charge in [0.1, 0.15) is 0 Å². The van der Waals surface area contributed by atoms with Gasteiger partial charge in [-0.3, -0.25) is 0 Å². The molecule has 0 aliphatic carbocycles. The van der Waals surface area contributed by atoms with Crippen molar-refractivity contribution in [1.82, 2.24) is 5.32 Å². The minimum atomic E-state index is 1.00. The molecule has 1 nitrogen and oxygen atoms in total. The first-order valence-electron chi connectivity index (χ1n) is 5.65. The summed E-state index contributed by atoms with van der Waals surface area (Å²) in [6.45, 7) is 4.27. The highest BCUT2D eigenvalue weighted by atomic mass is 127. The van der Waals surface area contributed by atoms with Crippen molar-refractivity contribution >= 4 is 22.6 Å². The maximum Gasteiger partial charge on any atom is 0.0205 e. The third-order valence-electron chi connectivity index (χ3n) is 2.44. The topological polar surface area (TPSA) is 12.0 Å². The van der Waals surface area contributed by atoms with E-state index >= 15 is 0 Å². The molecule has 0 aliphatic heterocycles. The fourth-order valence-corrected chi connectivity index (χ4v) is 2.00. The van der Waals surface area contributed by atoms with Crippen LogP contribution in [0.2, 0.25) is 0 Å². The third kappa shape index (κ3) is 6.15. The van der Waals surface area contributed by atoms with E-state index in [2.05, 4.69) is 59.1 Å². The predicted octanol–water partition coefficient (Wildman–Crippen LogP) is 3.69. The molecule has 0 fully saturated rings. The van der Waals surface area contributed by atoms with Gasteiger partial charge in [0.25, 0.3) is 0 Å². The van der Waals surface area contributed by atoms with Crippen LogP contribution in [0.3, 0.4) is 0 Å². The van der Waals surface area contributed by atoms with Crippen LogP contribution in [0.15, 0.2) is 24.3 Å². The first kappa shape index (κ1) is 13.0. The largest absolute Gasteiger partial charge is 0.313 e. The van der Waals surface area contributed by atoms with Gasteiger partial charge in [-0.25, -0.2) is 0 Å². The summed E-state index contributed by atoms with van der Waals surface area (Å²) >= 11 is 2.44. The third-order valence-corrected chi connectivity index (χ3v) is 3.20. The molecule has 1 N–H and O–H groups in total. The van der Waals surface area contributed by atoms with Gasteiger partial charge in [-0.1, -0.05) is 58.8 Å². The average molecular weight is 317 g/mol. The lowest BCUT2D eigenvalue weighted by atomic mass is 10.1. The second kappa shape index (κ2) is 8.11. The Morgan fingerprint density at radius 2 is 1.80 bits per heavy atom. The number of aryl methyl sites for hydroxylation is 1. The van der Waals surface area contributed by atoms with E-state index in [0.717, 1.165) is 13.1 Å². The average Bonchev–Trinajstić information content (AvgIpc) is 2.26. The van der Waals surface area contributed by atoms with Crippen molar-refractivity contribution in [1.29, 1.82) is 0 Å². The first-order valence-corrected chi connectivity index (χ1v) is 7.17. The van der Waals surface area contributed by atoms with Crippen LogP contribution >= 0.6 is 22.6 Å². The van der Waals surface area contributed by atoms with Crippen molar-refractivity contribution in [3.05, 3.63) is 35.4 Å². The quantitative estimate of drug-likeness (QED) is 0.459. The Balaban J connectivity index is 2.07. The van der Waals surface area contributed by atoms with Crippen molar-refractivity contribution in [3.8, 4) is 0 Å². The Morgan fingerprint density at radius 1 is 1.07 bits per heavy atom. The molecular weight excluding hydrogens is 297 g/mol. The van der Waals surface area contributed by atoms with Crippen LogP contribution < -0.4 is 5.32 Å². The zero-order chi connectivity index (χ0) is 10.9. The minimum Gasteiger partial charge on any atom is -0.313 e. The van der Waals surface area contributed by atoms with Crippen molar-refractivity contribution in [2.45, 2.75) is 32.7 Å². The van der Waals surface area contributed by atoms with Gasteiger partial charge in [-0.15, -0.1) is 0 Å². The number of hydrogen-bond donors (Lipinski definition) is 1. The molecule has 15 heavy (non-hydrogen) atoms. The zero-order valence-corrected chi connectivity index (χ0v) is 11.6. The molecule has 0 aromatic heterocycles. The molecule has 0 heterocycles. The molecule has 1 aromatic rings. The molecule has 0 radical (unpaired) electrons. The van der Waals surface area contributed by atoms with Crippen LogP contribution in [0.4, 0.5) is 0 Å². The van der Waals surface area contributed by atoms with Gasteiger partial charge >= 0.3 is 0 Å². The normalized spacial score (nSPS) is 10.5. The Bertz CT molecular complexity index is 256. The number of halogens is 1. The molecule has 0 atom stereocenters. The number of hydrogen-bond acceptors (Lipinski definition) is 1. The van der Waals surface area contributed by atoms with Gasteiger partial charge in [0.05, 0.1) is 0 Å². The van der Waals surface area contributed by atoms with E-state index in [0.29, 0.717) is 0 Å². The van der Waals surface area contributed by atoms with Gasteiger partial charge in [0.2, 0.25) is 0 Å². The zero-order valence-electron chi connectivity index (χ0n) is 9.43. The number of nitrogens with one attached hydrogen (secondary N) is 1. The molecule has 0 amide bonds. The summed E-state index contributed by atoms with van der Waals surface area (Å²) in [5.74, 6) is 0. The molecule has 1 aromatic carbocycles. The molecule has 2 heteroatoms. The van der Waals surface area contributed by atoms with Crippen LogP contribution in [0.1, 0.15) is 30.4 Å². The summed E-state index contributed by atoms with van der Waals surface area (Å²) < 4.78 is 1.29. The molecular formula is C13H20IN. The van der Waals surface area contributed by atoms with E-state index in [9.17, 15) is 0 Å². The van der Waals surface area contributed by atoms with Crippen molar-refractivity contribution in [2.24, 2.45) is 0 Å². The lowest BCUT2D eigenvalue weighted by Gasteiger charge is -2.04. The number of alkyl halides is 1. The summed E-state index contributed by atoms with van der Waals surface area (Å²) in [5, 5.41) is 3.48. The number of rotatable bonds is 7. The van der Waals surface area contributed by atoms with Crippen LogP contribution in [-0.4, -0.2) is 11.0 Å². The smallest absolute Gasteiger partial charge is 0.0205 e. The second-order valence-electron chi connectivity index (χ2n) is 3.91. The maximum atomic E-state index is 3.48. The lowest BCUT2D eigenvalue weighted by Crippen LogP contribution is -2.14. The van der Waals surface area contributed by atoms with Crippen molar-refractivity contribution in [3.63, 3.8) is 0 Å². The standard InChI is InChI=1S/C13H20IN/c1-12-5-7-13(8-6-12)11-15-10-4-2-3-9-14/h5-8,15H,2-4,9-11H2,1H3. The monoisotopic (exact) mass is 317 g/mol. The summed E-state index contributed by atoms with van der Waals surface area (Å²) in [7, 11) is 0. The summed E-state index contributed by atoms with van der Waals surface area (Å²) in [5.41, 5.74) is 2.72. The Morgan fingerprint density at radius 3 is 2.47 bits per heavy atom. The van der Waals surface area contributed by atoms with E-state index in [1.165, 1.54) is 34.8 Å². The summed E-state index contributed by atoms with van der Waals surface area (Å²) in [6, 6.07) is 8.75. The lowest BCUT2D eigenvalue weighted by molar-refractivity contribution is 0.620. The summed E-state index contributed by atoms with van der Waals surface area (Å²) in [4.78, 5) is 0. The van der Waals surface area contributed by atoms with Gasteiger partial charge in [-0.2, -0.15) is 0 Å². The molecule has 0 unspecified atom stereocenters. The minimum absolute atomic E-state index is 1.00. The van der Waals surface area contributed by atoms with E-state index < -0.39 is 0 Å². The highest BCUT2D eigenvalue weighted by molar-refractivity contribution is 14.1. The van der Waals surface area contributed by atoms with Gasteiger partial charge in [-0.05, 0) is 36.3 Å². The van der Waals surface area contributed by atoms with Crippen LogP contribution in [-0.2, 0) is 6.54 Å². The molecule has 0 saturated heterocycles. The van der Waals surface area contributed by atoms with Gasteiger partial charge < -0.3 is 5.32 Å². The predicted molar refractivity (Wildman–Crippen MR) is 75.6 cm³/mol. The Labute approximate surface area is 107 Å². The van der Waals surface area contributed by atoms with Crippen molar-refractivity contribution < 1.29 is 0 Å². The number of benzene rings is 1. The highest BCUT2D eigenvalue weighted by Gasteiger charge is 1.92. The Kier molecular flexibility index (Phi) is 7.01. The van der Waals surface area contributed by atoms with E-state index in [-0.39, 0.29) is 0 Å². The summed E-state index contributed by atoms with van der Waals surface area (Å²) in [6.07, 6.45) is 4.01. The number of unbranched alkanes of at least 4 members (excludes halogenated alkanes) is 2. The van der Waals surface area contributed by atoms with Crippen molar-refractivity contribution in [2.75, 3.05) is 11.0 Å².